The average molecular weight is 228 g/mol. The lowest BCUT2D eigenvalue weighted by Crippen LogP contribution is -2.39. The summed E-state index contributed by atoms with van der Waals surface area (Å²) in [4.78, 5) is 13.2. The summed E-state index contributed by atoms with van der Waals surface area (Å²) < 4.78 is 0.846. The minimum atomic E-state index is 0.0323. The van der Waals surface area contributed by atoms with Crippen LogP contribution in [0.25, 0.3) is 10.9 Å². The van der Waals surface area contributed by atoms with Crippen LogP contribution in [0, 0.1) is 5.21 Å². The largest absolute Gasteiger partial charge is 0.710 e. The summed E-state index contributed by atoms with van der Waals surface area (Å²) in [5.41, 5.74) is 0.602. The Morgan fingerprint density at radius 3 is 2.76 bits per heavy atom. The molecule has 2 aromatic rings. The maximum atomic E-state index is 12.2. The molecule has 1 aliphatic heterocycles. The Bertz CT molecular complexity index is 595. The Morgan fingerprint density at radius 2 is 2.00 bits per heavy atom. The predicted octanol–water partition coefficient (Wildman–Crippen LogP) is 1.60. The molecule has 0 bridgehead atoms. The number of aromatic nitrogens is 1. The standard InChI is InChI=1S/C13H12N2O2/c16-13-6-3-9-14(13)12-8-7-10-4-1-2-5-11(10)15(12)17/h1-2,4-5,7-8H,3,6,9H2. The fourth-order valence-corrected chi connectivity index (χ4v) is 2.26. The van der Waals surface area contributed by atoms with Crippen molar-refractivity contribution < 1.29 is 9.52 Å². The zero-order valence-corrected chi connectivity index (χ0v) is 9.30. The summed E-state index contributed by atoms with van der Waals surface area (Å²) in [6.07, 6.45) is 1.36. The quantitative estimate of drug-likeness (QED) is 0.549. The first-order chi connectivity index (χ1) is 8.27. The molecule has 17 heavy (non-hydrogen) atoms. The van der Waals surface area contributed by atoms with Gasteiger partial charge in [0.15, 0.2) is 0 Å². The molecule has 4 nitrogen and oxygen atoms in total. The minimum absolute atomic E-state index is 0.0323. The van der Waals surface area contributed by atoms with Crippen molar-refractivity contribution in [2.75, 3.05) is 11.4 Å². The van der Waals surface area contributed by atoms with E-state index in [1.807, 2.05) is 24.3 Å². The van der Waals surface area contributed by atoms with E-state index in [2.05, 4.69) is 0 Å². The number of fused-ring (bicyclic) bond motifs is 1. The van der Waals surface area contributed by atoms with Gasteiger partial charge in [0, 0.05) is 11.5 Å². The summed E-state index contributed by atoms with van der Waals surface area (Å²) in [6.45, 7) is 0.638. The van der Waals surface area contributed by atoms with E-state index in [0.29, 0.717) is 24.3 Å². The van der Waals surface area contributed by atoms with E-state index >= 15 is 0 Å². The van der Waals surface area contributed by atoms with Gasteiger partial charge in [-0.05, 0) is 18.6 Å². The van der Waals surface area contributed by atoms with Gasteiger partial charge in [-0.3, -0.25) is 0 Å². The molecule has 1 fully saturated rings. The average Bonchev–Trinajstić information content (AvgIpc) is 2.76. The van der Waals surface area contributed by atoms with Crippen LogP contribution in [-0.4, -0.2) is 12.5 Å². The number of pyridine rings is 1. The maximum Gasteiger partial charge on any atom is 0.309 e. The van der Waals surface area contributed by atoms with Crippen LogP contribution in [0.5, 0.6) is 0 Å². The smallest absolute Gasteiger partial charge is 0.309 e. The molecule has 0 radical (unpaired) electrons. The van der Waals surface area contributed by atoms with Crippen LogP contribution in [0.1, 0.15) is 12.8 Å². The van der Waals surface area contributed by atoms with Gasteiger partial charge in [-0.1, -0.05) is 18.2 Å². The highest BCUT2D eigenvalue weighted by molar-refractivity contribution is 5.94. The van der Waals surface area contributed by atoms with Gasteiger partial charge in [0.2, 0.25) is 0 Å². The molecule has 1 amide bonds. The van der Waals surface area contributed by atoms with Gasteiger partial charge in [0.25, 0.3) is 5.82 Å². The third-order valence-corrected chi connectivity index (χ3v) is 3.13. The highest BCUT2D eigenvalue weighted by atomic mass is 16.5. The van der Waals surface area contributed by atoms with E-state index in [1.165, 1.54) is 0 Å². The molecule has 4 heteroatoms. The molecule has 1 aliphatic rings. The molecule has 1 saturated heterocycles. The first kappa shape index (κ1) is 10.1. The second-order valence-electron chi connectivity index (χ2n) is 4.19. The van der Waals surface area contributed by atoms with E-state index in [-0.39, 0.29) is 5.91 Å². The van der Waals surface area contributed by atoms with Crippen molar-refractivity contribution in [2.45, 2.75) is 12.8 Å². The van der Waals surface area contributed by atoms with Gasteiger partial charge in [-0.25, -0.2) is 9.52 Å². The van der Waals surface area contributed by atoms with E-state index in [9.17, 15) is 10.0 Å². The molecule has 86 valence electrons. The van der Waals surface area contributed by atoms with Crippen molar-refractivity contribution in [1.29, 1.82) is 0 Å². The van der Waals surface area contributed by atoms with Gasteiger partial charge < -0.3 is 5.21 Å². The van der Waals surface area contributed by atoms with Crippen molar-refractivity contribution in [1.82, 2.24) is 0 Å². The van der Waals surface area contributed by atoms with Crippen LogP contribution in [-0.2, 0) is 4.79 Å². The Kier molecular flexibility index (Phi) is 2.21. The van der Waals surface area contributed by atoms with Crippen molar-refractivity contribution in [3.63, 3.8) is 0 Å². The molecule has 0 atom stereocenters. The molecule has 1 aromatic heterocycles. The molecule has 0 aliphatic carbocycles. The first-order valence-electron chi connectivity index (χ1n) is 5.69. The molecular weight excluding hydrogens is 216 g/mol. The second-order valence-corrected chi connectivity index (χ2v) is 4.19. The fraction of sp³-hybridized carbons (Fsp3) is 0.231. The number of benzene rings is 1. The summed E-state index contributed by atoms with van der Waals surface area (Å²) in [5, 5.41) is 13.1. The summed E-state index contributed by atoms with van der Waals surface area (Å²) in [7, 11) is 0. The second kappa shape index (κ2) is 3.73. The number of nitrogens with zero attached hydrogens (tertiary/aromatic N) is 2. The van der Waals surface area contributed by atoms with E-state index in [4.69, 9.17) is 0 Å². The number of rotatable bonds is 1. The number of hydrogen-bond acceptors (Lipinski definition) is 2. The summed E-state index contributed by atoms with van der Waals surface area (Å²) in [5.74, 6) is 0.469. The molecule has 2 heterocycles. The van der Waals surface area contributed by atoms with Gasteiger partial charge in [-0.15, -0.1) is 0 Å². The van der Waals surface area contributed by atoms with Crippen molar-refractivity contribution >= 4 is 22.6 Å². The molecule has 0 saturated carbocycles. The van der Waals surface area contributed by atoms with Gasteiger partial charge in [-0.2, -0.15) is 4.90 Å². The van der Waals surface area contributed by atoms with Crippen LogP contribution in [0.3, 0.4) is 0 Å². The molecule has 3 rings (SSSR count). The number of anilines is 1. The fourth-order valence-electron chi connectivity index (χ4n) is 2.26. The third-order valence-electron chi connectivity index (χ3n) is 3.13. The third kappa shape index (κ3) is 1.53. The molecule has 0 spiro atoms. The Balaban J connectivity index is 2.17. The van der Waals surface area contributed by atoms with Crippen LogP contribution in [0.4, 0.5) is 5.82 Å². The van der Waals surface area contributed by atoms with Gasteiger partial charge in [0.05, 0.1) is 13.0 Å². The number of carbonyl (C=O) groups excluding carboxylic acids is 1. The van der Waals surface area contributed by atoms with Crippen LogP contribution < -0.4 is 9.63 Å². The molecular formula is C13H12N2O2. The van der Waals surface area contributed by atoms with Gasteiger partial charge in [0.1, 0.15) is 5.52 Å². The normalized spacial score (nSPS) is 15.8. The highest BCUT2D eigenvalue weighted by Gasteiger charge is 2.30. The lowest BCUT2D eigenvalue weighted by molar-refractivity contribution is -0.563. The SMILES string of the molecule is O=C1CCCN1c1ccc2ccccc2[n+]1[O-]. The van der Waals surface area contributed by atoms with Gasteiger partial charge >= 0.3 is 5.91 Å². The predicted molar refractivity (Wildman–Crippen MR) is 64.5 cm³/mol. The molecule has 0 unspecified atom stereocenters. The zero-order valence-electron chi connectivity index (χ0n) is 9.30. The van der Waals surface area contributed by atoms with Crippen LogP contribution in [0.15, 0.2) is 36.4 Å². The number of para-hydroxylation sites is 1. The molecule has 0 N–H and O–H groups in total. The summed E-state index contributed by atoms with van der Waals surface area (Å²) in [6, 6.07) is 11.0. The minimum Gasteiger partial charge on any atom is -0.710 e. The first-order valence-corrected chi connectivity index (χ1v) is 5.69. The lowest BCUT2D eigenvalue weighted by atomic mass is 10.2. The Labute approximate surface area is 98.7 Å². The monoisotopic (exact) mass is 228 g/mol. The van der Waals surface area contributed by atoms with E-state index in [1.54, 1.807) is 17.0 Å². The van der Waals surface area contributed by atoms with E-state index in [0.717, 1.165) is 16.5 Å². The number of carbonyl (C=O) groups is 1. The Morgan fingerprint density at radius 1 is 1.18 bits per heavy atom. The Hall–Kier alpha value is -2.10. The zero-order chi connectivity index (χ0) is 11.8. The number of amides is 1. The van der Waals surface area contributed by atoms with Crippen molar-refractivity contribution in [3.8, 4) is 0 Å². The lowest BCUT2D eigenvalue weighted by Gasteiger charge is -2.16. The highest BCUT2D eigenvalue weighted by Crippen LogP contribution is 2.20. The van der Waals surface area contributed by atoms with E-state index < -0.39 is 0 Å². The summed E-state index contributed by atoms with van der Waals surface area (Å²) >= 11 is 0. The topological polar surface area (TPSA) is 47.2 Å². The van der Waals surface area contributed by atoms with Crippen molar-refractivity contribution in [3.05, 3.63) is 41.6 Å². The maximum absolute atomic E-state index is 12.2. The van der Waals surface area contributed by atoms with Crippen molar-refractivity contribution in [2.24, 2.45) is 0 Å². The number of hydrogen-bond donors (Lipinski definition) is 0. The molecule has 1 aromatic carbocycles. The van der Waals surface area contributed by atoms with Crippen LogP contribution in [0.2, 0.25) is 0 Å². The van der Waals surface area contributed by atoms with Crippen LogP contribution >= 0.6 is 0 Å².